The van der Waals surface area contributed by atoms with E-state index in [1.807, 2.05) is 0 Å². The molecular weight excluding hydrogens is 492 g/mol. The lowest BCUT2D eigenvalue weighted by Gasteiger charge is -2.26. The summed E-state index contributed by atoms with van der Waals surface area (Å²) in [6.45, 7) is 8.50. The van der Waals surface area contributed by atoms with Gasteiger partial charge in [0.2, 0.25) is 0 Å². The van der Waals surface area contributed by atoms with Gasteiger partial charge in [0.15, 0.2) is 0 Å². The number of pyridine rings is 1. The van der Waals surface area contributed by atoms with Gasteiger partial charge in [0.1, 0.15) is 5.82 Å². The molecule has 0 aliphatic carbocycles. The summed E-state index contributed by atoms with van der Waals surface area (Å²) in [5.74, 6) is -4.38. The maximum Gasteiger partial charge on any atom is 0.490 e. The predicted octanol–water partition coefficient (Wildman–Crippen LogP) is 2.71. The second-order valence-corrected chi connectivity index (χ2v) is 7.51. The lowest BCUT2D eigenvalue weighted by atomic mass is 10.1. The van der Waals surface area contributed by atoms with Gasteiger partial charge in [-0.15, -0.1) is 0 Å². The van der Waals surface area contributed by atoms with E-state index in [-0.39, 0.29) is 0 Å². The molecule has 1 saturated heterocycles. The van der Waals surface area contributed by atoms with Crippen molar-refractivity contribution >= 4 is 17.8 Å². The molecule has 0 saturated carbocycles. The minimum Gasteiger partial charge on any atom is -0.475 e. The second kappa shape index (κ2) is 13.4. The van der Waals surface area contributed by atoms with Crippen molar-refractivity contribution in [1.82, 2.24) is 9.88 Å². The SMILES string of the molecule is COCCN1CCN(C2CCOC2)Cc2ccc(C)nc21.O=C(O)C(F)(F)F.O=C(O)C(F)(F)F. The third-order valence-electron chi connectivity index (χ3n) is 4.90. The highest BCUT2D eigenvalue weighted by atomic mass is 19.4. The average molecular weight is 519 g/mol. The molecule has 2 aliphatic heterocycles. The number of carbonyl (C=O) groups is 2. The van der Waals surface area contributed by atoms with Crippen LogP contribution in [0.15, 0.2) is 12.1 Å². The summed E-state index contributed by atoms with van der Waals surface area (Å²) in [7, 11) is 1.75. The number of methoxy groups -OCH3 is 1. The fourth-order valence-electron chi connectivity index (χ4n) is 3.16. The minimum atomic E-state index is -5.08. The molecule has 1 atom stereocenters. The normalized spacial score (nSPS) is 18.4. The van der Waals surface area contributed by atoms with Gasteiger partial charge in [-0.2, -0.15) is 26.3 Å². The zero-order valence-electron chi connectivity index (χ0n) is 19.0. The molecule has 0 amide bonds. The molecule has 15 heteroatoms. The number of carboxylic acid groups (broad SMARTS) is 2. The highest BCUT2D eigenvalue weighted by Gasteiger charge is 2.38. The number of ether oxygens (including phenoxy) is 2. The Kier molecular flexibility index (Phi) is 11.7. The van der Waals surface area contributed by atoms with Gasteiger partial charge in [-0.05, 0) is 19.4 Å². The highest BCUT2D eigenvalue weighted by Crippen LogP contribution is 2.26. The number of anilines is 1. The van der Waals surface area contributed by atoms with Crippen LogP contribution in [0.2, 0.25) is 0 Å². The van der Waals surface area contributed by atoms with Gasteiger partial charge < -0.3 is 24.6 Å². The van der Waals surface area contributed by atoms with Crippen LogP contribution in [-0.2, 0) is 25.6 Å². The van der Waals surface area contributed by atoms with Crippen LogP contribution in [0, 0.1) is 6.92 Å². The van der Waals surface area contributed by atoms with Gasteiger partial charge in [-0.1, -0.05) is 6.07 Å². The highest BCUT2D eigenvalue weighted by molar-refractivity contribution is 5.73. The summed E-state index contributed by atoms with van der Waals surface area (Å²) in [6.07, 6.45) is -9.02. The van der Waals surface area contributed by atoms with Crippen LogP contribution in [0.25, 0.3) is 0 Å². The first-order chi connectivity index (χ1) is 16.2. The van der Waals surface area contributed by atoms with Gasteiger partial charge in [0.25, 0.3) is 0 Å². The van der Waals surface area contributed by atoms with Crippen molar-refractivity contribution in [2.45, 2.75) is 38.3 Å². The molecule has 1 unspecified atom stereocenters. The Morgan fingerprint density at radius 1 is 1.11 bits per heavy atom. The van der Waals surface area contributed by atoms with Gasteiger partial charge in [0, 0.05) is 57.2 Å². The lowest BCUT2D eigenvalue weighted by Crippen LogP contribution is -2.39. The van der Waals surface area contributed by atoms with E-state index in [1.165, 1.54) is 5.56 Å². The van der Waals surface area contributed by atoms with E-state index < -0.39 is 24.3 Å². The molecule has 1 aromatic heterocycles. The van der Waals surface area contributed by atoms with Crippen molar-refractivity contribution in [2.24, 2.45) is 0 Å². The molecule has 1 fully saturated rings. The first-order valence-corrected chi connectivity index (χ1v) is 10.3. The van der Waals surface area contributed by atoms with Crippen LogP contribution in [-0.4, -0.2) is 97.0 Å². The number of carboxylic acids is 2. The van der Waals surface area contributed by atoms with Gasteiger partial charge in [-0.3, -0.25) is 4.90 Å². The minimum absolute atomic E-state index is 0.557. The van der Waals surface area contributed by atoms with Gasteiger partial charge >= 0.3 is 24.3 Å². The fourth-order valence-corrected chi connectivity index (χ4v) is 3.16. The zero-order valence-corrected chi connectivity index (χ0v) is 19.0. The second-order valence-electron chi connectivity index (χ2n) is 7.51. The van der Waals surface area contributed by atoms with Crippen LogP contribution < -0.4 is 4.90 Å². The number of nitrogens with zero attached hydrogens (tertiary/aromatic N) is 3. The molecule has 3 rings (SSSR count). The Hall–Kier alpha value is -2.65. The number of halogens is 6. The Labute approximate surface area is 197 Å². The van der Waals surface area contributed by atoms with Crippen LogP contribution in [0.4, 0.5) is 32.2 Å². The van der Waals surface area contributed by atoms with E-state index >= 15 is 0 Å². The first kappa shape index (κ1) is 30.4. The Morgan fingerprint density at radius 3 is 2.14 bits per heavy atom. The molecule has 0 bridgehead atoms. The zero-order chi connectivity index (χ0) is 26.8. The smallest absolute Gasteiger partial charge is 0.475 e. The van der Waals surface area contributed by atoms with Crippen molar-refractivity contribution < 1.29 is 55.6 Å². The fraction of sp³-hybridized carbons (Fsp3) is 0.650. The van der Waals surface area contributed by atoms with Crippen molar-refractivity contribution in [3.05, 3.63) is 23.4 Å². The van der Waals surface area contributed by atoms with E-state index in [0.29, 0.717) is 6.04 Å². The topological polar surface area (TPSA) is 112 Å². The number of fused-ring (bicyclic) bond motifs is 1. The van der Waals surface area contributed by atoms with E-state index in [0.717, 1.165) is 63.9 Å². The van der Waals surface area contributed by atoms with Crippen LogP contribution in [0.5, 0.6) is 0 Å². The molecule has 0 radical (unpaired) electrons. The van der Waals surface area contributed by atoms with Crippen LogP contribution in [0.1, 0.15) is 17.7 Å². The number of aryl methyl sites for hydroxylation is 1. The van der Waals surface area contributed by atoms with E-state index in [9.17, 15) is 26.3 Å². The number of aromatic nitrogens is 1. The number of aliphatic carboxylic acids is 2. The Balaban J connectivity index is 0.000000362. The molecule has 1 aromatic rings. The van der Waals surface area contributed by atoms with E-state index in [2.05, 4.69) is 28.9 Å². The van der Waals surface area contributed by atoms with Gasteiger partial charge in [-0.25, -0.2) is 14.6 Å². The maximum atomic E-state index is 10.6. The molecule has 9 nitrogen and oxygen atoms in total. The van der Waals surface area contributed by atoms with Gasteiger partial charge in [0.05, 0.1) is 13.2 Å². The lowest BCUT2D eigenvalue weighted by molar-refractivity contribution is -0.193. The molecule has 2 N–H and O–H groups in total. The molecule has 0 aromatic carbocycles. The summed E-state index contributed by atoms with van der Waals surface area (Å²) in [5, 5.41) is 14.2. The van der Waals surface area contributed by atoms with E-state index in [4.69, 9.17) is 34.3 Å². The van der Waals surface area contributed by atoms with Crippen molar-refractivity contribution in [3.8, 4) is 0 Å². The quantitative estimate of drug-likeness (QED) is 0.580. The largest absolute Gasteiger partial charge is 0.490 e. The summed E-state index contributed by atoms with van der Waals surface area (Å²) in [5.41, 5.74) is 2.40. The summed E-state index contributed by atoms with van der Waals surface area (Å²) >= 11 is 0. The third kappa shape index (κ3) is 10.7. The third-order valence-corrected chi connectivity index (χ3v) is 4.90. The number of hydrogen-bond donors (Lipinski definition) is 2. The Bertz CT molecular complexity index is 807. The summed E-state index contributed by atoms with van der Waals surface area (Å²) < 4.78 is 74.3. The molecule has 35 heavy (non-hydrogen) atoms. The summed E-state index contributed by atoms with van der Waals surface area (Å²) in [6, 6.07) is 4.90. The maximum absolute atomic E-state index is 10.6. The Morgan fingerprint density at radius 2 is 1.69 bits per heavy atom. The standard InChI is InChI=1S/C16H25N3O2.2C2HF3O2/c1-13-3-4-14-11-19(15-5-9-21-12-15)7-6-18(8-10-20-2)16(14)17-13;2*3-2(4,5)1(6)7/h3-4,15H,5-12H2,1-2H3;2*(H,6,7). The number of alkyl halides is 6. The van der Waals surface area contributed by atoms with Crippen molar-refractivity contribution in [2.75, 3.05) is 51.5 Å². The first-order valence-electron chi connectivity index (χ1n) is 10.3. The number of hydrogen-bond acceptors (Lipinski definition) is 7. The van der Waals surface area contributed by atoms with Crippen molar-refractivity contribution in [3.63, 3.8) is 0 Å². The monoisotopic (exact) mass is 519 g/mol. The molecule has 3 heterocycles. The predicted molar refractivity (Wildman–Crippen MR) is 110 cm³/mol. The number of rotatable bonds is 4. The molecule has 2 aliphatic rings. The van der Waals surface area contributed by atoms with Crippen molar-refractivity contribution in [1.29, 1.82) is 0 Å². The van der Waals surface area contributed by atoms with Crippen LogP contribution >= 0.6 is 0 Å². The van der Waals surface area contributed by atoms with E-state index in [1.54, 1.807) is 7.11 Å². The molecular formula is C20H27F6N3O6. The average Bonchev–Trinajstić information content (AvgIpc) is 3.22. The summed E-state index contributed by atoms with van der Waals surface area (Å²) in [4.78, 5) is 27.5. The van der Waals surface area contributed by atoms with Crippen LogP contribution in [0.3, 0.4) is 0 Å². The molecule has 200 valence electrons. The molecule has 0 spiro atoms.